The third-order valence-electron chi connectivity index (χ3n) is 7.38. The number of carbonyl (C=O) groups excluding carboxylic acids is 2. The van der Waals surface area contributed by atoms with Crippen molar-refractivity contribution in [3.05, 3.63) is 63.8 Å². The molecule has 8 nitrogen and oxygen atoms in total. The second-order valence-electron chi connectivity index (χ2n) is 9.96. The quantitative estimate of drug-likeness (QED) is 0.626. The number of amides is 2. The van der Waals surface area contributed by atoms with Crippen LogP contribution in [-0.4, -0.2) is 52.6 Å². The zero-order valence-corrected chi connectivity index (χ0v) is 21.3. The molecule has 0 aromatic carbocycles. The number of ether oxygens (including phenoxy) is 1. The van der Waals surface area contributed by atoms with Crippen molar-refractivity contribution in [2.45, 2.75) is 82.8 Å². The predicted molar refractivity (Wildman–Crippen MR) is 138 cm³/mol. The van der Waals surface area contributed by atoms with Gasteiger partial charge in [-0.2, -0.15) is 0 Å². The van der Waals surface area contributed by atoms with Crippen LogP contribution in [0.15, 0.2) is 41.7 Å². The van der Waals surface area contributed by atoms with Crippen molar-refractivity contribution in [3.8, 4) is 0 Å². The Labute approximate surface area is 213 Å². The van der Waals surface area contributed by atoms with E-state index in [1.54, 1.807) is 41.4 Å². The van der Waals surface area contributed by atoms with E-state index in [0.29, 0.717) is 19.7 Å². The fourth-order valence-corrected chi connectivity index (χ4v) is 5.38. The minimum Gasteiger partial charge on any atom is -0.383 e. The summed E-state index contributed by atoms with van der Waals surface area (Å²) >= 11 is 0. The summed E-state index contributed by atoms with van der Waals surface area (Å²) in [6, 6.07) is 3.75. The maximum Gasteiger partial charge on any atom is 0.259 e. The maximum atomic E-state index is 13.8. The molecule has 36 heavy (non-hydrogen) atoms. The van der Waals surface area contributed by atoms with E-state index in [1.165, 1.54) is 19.3 Å². The predicted octanol–water partition coefficient (Wildman–Crippen LogP) is 4.10. The lowest BCUT2D eigenvalue weighted by Gasteiger charge is -2.36. The van der Waals surface area contributed by atoms with E-state index in [9.17, 15) is 14.4 Å². The Balaban J connectivity index is 1.64. The lowest BCUT2D eigenvalue weighted by Crippen LogP contribution is -2.43. The van der Waals surface area contributed by atoms with E-state index in [0.717, 1.165) is 50.5 Å². The molecule has 194 valence electrons. The summed E-state index contributed by atoms with van der Waals surface area (Å²) in [7, 11) is 1.60. The Morgan fingerprint density at radius 3 is 2.47 bits per heavy atom. The molecule has 1 aliphatic heterocycles. The highest BCUT2D eigenvalue weighted by molar-refractivity contribution is 5.99. The van der Waals surface area contributed by atoms with E-state index in [4.69, 9.17) is 4.74 Å². The van der Waals surface area contributed by atoms with E-state index in [1.807, 2.05) is 12.1 Å². The minimum atomic E-state index is -0.507. The van der Waals surface area contributed by atoms with Crippen LogP contribution in [-0.2, 0) is 11.3 Å². The lowest BCUT2D eigenvalue weighted by molar-refractivity contribution is 0.0608. The van der Waals surface area contributed by atoms with Crippen molar-refractivity contribution in [1.82, 2.24) is 19.8 Å². The van der Waals surface area contributed by atoms with E-state index >= 15 is 0 Å². The number of aromatic nitrogens is 2. The third-order valence-corrected chi connectivity index (χ3v) is 7.38. The number of pyridine rings is 2. The van der Waals surface area contributed by atoms with Crippen LogP contribution in [0, 0.1) is 0 Å². The molecule has 0 radical (unpaired) electrons. The Hall–Kier alpha value is -3.00. The molecule has 2 aliphatic rings. The highest BCUT2D eigenvalue weighted by Gasteiger charge is 2.31. The molecule has 1 saturated carbocycles. The van der Waals surface area contributed by atoms with Crippen LogP contribution in [0.1, 0.15) is 96.5 Å². The largest absolute Gasteiger partial charge is 0.383 e. The summed E-state index contributed by atoms with van der Waals surface area (Å²) in [5.41, 5.74) is 0.511. The second-order valence-corrected chi connectivity index (χ2v) is 9.96. The van der Waals surface area contributed by atoms with E-state index < -0.39 is 11.3 Å². The SMILES string of the molecule is COCCn1cc(C(=O)NC2CCCCCCC2)c(=O)c(C(=O)N2CCCCC2c2cccnc2)c1. The summed E-state index contributed by atoms with van der Waals surface area (Å²) in [4.78, 5) is 46.7. The van der Waals surface area contributed by atoms with Crippen LogP contribution in [0.25, 0.3) is 0 Å². The van der Waals surface area contributed by atoms with Crippen molar-refractivity contribution >= 4 is 11.8 Å². The Kier molecular flexibility index (Phi) is 9.28. The molecular formula is C28H38N4O4. The van der Waals surface area contributed by atoms with Crippen molar-refractivity contribution in [2.75, 3.05) is 20.3 Å². The fourth-order valence-electron chi connectivity index (χ4n) is 5.38. The number of hydrogen-bond acceptors (Lipinski definition) is 5. The molecule has 1 atom stereocenters. The molecule has 2 aromatic heterocycles. The average molecular weight is 495 g/mol. The van der Waals surface area contributed by atoms with Gasteiger partial charge in [0.25, 0.3) is 11.8 Å². The van der Waals surface area contributed by atoms with Crippen LogP contribution in [0.5, 0.6) is 0 Å². The van der Waals surface area contributed by atoms with E-state index in [2.05, 4.69) is 10.3 Å². The highest BCUT2D eigenvalue weighted by Crippen LogP contribution is 2.31. The topological polar surface area (TPSA) is 93.5 Å². The van der Waals surface area contributed by atoms with Gasteiger partial charge in [-0.3, -0.25) is 19.4 Å². The van der Waals surface area contributed by atoms with Crippen molar-refractivity contribution in [2.24, 2.45) is 0 Å². The van der Waals surface area contributed by atoms with Gasteiger partial charge in [0.2, 0.25) is 5.43 Å². The minimum absolute atomic E-state index is 0.0222. The molecule has 3 heterocycles. The highest BCUT2D eigenvalue weighted by atomic mass is 16.5. The van der Waals surface area contributed by atoms with Gasteiger partial charge in [0.15, 0.2) is 0 Å². The van der Waals surface area contributed by atoms with Crippen LogP contribution < -0.4 is 10.7 Å². The van der Waals surface area contributed by atoms with Gasteiger partial charge in [-0.25, -0.2) is 0 Å². The number of carbonyl (C=O) groups is 2. The second kappa shape index (κ2) is 12.8. The maximum absolute atomic E-state index is 13.8. The first-order valence-corrected chi connectivity index (χ1v) is 13.3. The monoisotopic (exact) mass is 494 g/mol. The Morgan fingerprint density at radius 1 is 1.03 bits per heavy atom. The molecular weight excluding hydrogens is 456 g/mol. The van der Waals surface area contributed by atoms with Crippen LogP contribution in [0.2, 0.25) is 0 Å². The lowest BCUT2D eigenvalue weighted by atomic mass is 9.95. The molecule has 1 N–H and O–H groups in total. The van der Waals surface area contributed by atoms with E-state index in [-0.39, 0.29) is 29.1 Å². The molecule has 2 fully saturated rings. The molecule has 1 unspecified atom stereocenters. The van der Waals surface area contributed by atoms with Gasteiger partial charge >= 0.3 is 0 Å². The number of likely N-dealkylation sites (tertiary alicyclic amines) is 1. The summed E-state index contributed by atoms with van der Waals surface area (Å²) in [5.74, 6) is -0.728. The fraction of sp³-hybridized carbons (Fsp3) is 0.571. The summed E-state index contributed by atoms with van der Waals surface area (Å²) in [5, 5.41) is 3.09. The Morgan fingerprint density at radius 2 is 1.75 bits per heavy atom. The number of rotatable bonds is 7. The zero-order chi connectivity index (χ0) is 25.3. The molecule has 2 amide bonds. The molecule has 0 bridgehead atoms. The standard InChI is InChI=1S/C28H38N4O4/c1-36-17-16-31-19-23(27(34)30-22-11-5-3-2-4-6-12-22)26(33)24(20-31)28(35)32-15-8-7-13-25(32)21-10-9-14-29-18-21/h9-10,14,18-20,22,25H,2-8,11-13,15-17H2,1H3,(H,30,34). The average Bonchev–Trinajstić information content (AvgIpc) is 2.89. The molecule has 4 rings (SSSR count). The number of piperidine rings is 1. The number of methoxy groups -OCH3 is 1. The third kappa shape index (κ3) is 6.40. The molecule has 0 spiro atoms. The smallest absolute Gasteiger partial charge is 0.259 e. The molecule has 8 heteroatoms. The van der Waals surface area contributed by atoms with Crippen LogP contribution in [0.4, 0.5) is 0 Å². The van der Waals surface area contributed by atoms with Gasteiger partial charge in [0.05, 0.1) is 12.6 Å². The summed E-state index contributed by atoms with van der Waals surface area (Å²) in [6.07, 6.45) is 16.9. The van der Waals surface area contributed by atoms with Crippen LogP contribution >= 0.6 is 0 Å². The van der Waals surface area contributed by atoms with Crippen LogP contribution in [0.3, 0.4) is 0 Å². The van der Waals surface area contributed by atoms with Gasteiger partial charge in [0.1, 0.15) is 11.1 Å². The normalized spacial score (nSPS) is 19.4. The zero-order valence-electron chi connectivity index (χ0n) is 21.3. The van der Waals surface area contributed by atoms with Crippen molar-refractivity contribution in [3.63, 3.8) is 0 Å². The molecule has 2 aromatic rings. The number of hydrogen-bond donors (Lipinski definition) is 1. The molecule has 1 aliphatic carbocycles. The summed E-state index contributed by atoms with van der Waals surface area (Å²) in [6.45, 7) is 1.41. The van der Waals surface area contributed by atoms with Crippen molar-refractivity contribution in [1.29, 1.82) is 0 Å². The number of nitrogens with one attached hydrogen (secondary N) is 1. The molecule has 1 saturated heterocycles. The first-order valence-electron chi connectivity index (χ1n) is 13.3. The van der Waals surface area contributed by atoms with Gasteiger partial charge < -0.3 is 19.5 Å². The van der Waals surface area contributed by atoms with Gasteiger partial charge in [0, 0.05) is 51.0 Å². The first-order chi connectivity index (χ1) is 17.6. The first kappa shape index (κ1) is 26.1. The van der Waals surface area contributed by atoms with Gasteiger partial charge in [-0.1, -0.05) is 38.2 Å². The summed E-state index contributed by atoms with van der Waals surface area (Å²) < 4.78 is 6.94. The number of nitrogens with zero attached hydrogens (tertiary/aromatic N) is 3. The Bertz CT molecular complexity index is 1080. The van der Waals surface area contributed by atoms with Gasteiger partial charge in [-0.05, 0) is 43.7 Å². The van der Waals surface area contributed by atoms with Crippen molar-refractivity contribution < 1.29 is 14.3 Å². The van der Waals surface area contributed by atoms with Gasteiger partial charge in [-0.15, -0.1) is 0 Å².